The number of hydrogen-bond donors (Lipinski definition) is 0. The number of amides is 1. The lowest BCUT2D eigenvalue weighted by molar-refractivity contribution is -0.142. The maximum absolute atomic E-state index is 14.6. The molecule has 6 rings (SSSR count). The van der Waals surface area contributed by atoms with Crippen molar-refractivity contribution < 1.29 is 23.9 Å². The number of esters is 2. The van der Waals surface area contributed by atoms with Gasteiger partial charge in [-0.05, 0) is 37.0 Å². The molecule has 46 heavy (non-hydrogen) atoms. The third-order valence-corrected chi connectivity index (χ3v) is 9.06. The van der Waals surface area contributed by atoms with E-state index in [2.05, 4.69) is 13.8 Å². The van der Waals surface area contributed by atoms with Crippen molar-refractivity contribution in [2.24, 2.45) is 4.99 Å². The highest BCUT2D eigenvalue weighted by atomic mass is 32.1. The van der Waals surface area contributed by atoms with Crippen LogP contribution in [0, 0.1) is 0 Å². The summed E-state index contributed by atoms with van der Waals surface area (Å²) in [6.07, 6.45) is 0. The van der Waals surface area contributed by atoms with Crippen LogP contribution in [0.1, 0.15) is 61.9 Å². The fourth-order valence-corrected chi connectivity index (χ4v) is 6.95. The molecule has 1 atom stereocenters. The number of para-hydroxylation sites is 1. The van der Waals surface area contributed by atoms with Crippen LogP contribution >= 0.6 is 11.3 Å². The molecule has 234 valence electrons. The number of aromatic nitrogens is 1. The molecule has 1 amide bonds. The van der Waals surface area contributed by atoms with Crippen LogP contribution < -0.4 is 19.8 Å². The van der Waals surface area contributed by atoms with Gasteiger partial charge in [-0.3, -0.25) is 23.9 Å². The van der Waals surface area contributed by atoms with Gasteiger partial charge in [0, 0.05) is 11.1 Å². The van der Waals surface area contributed by atoms with Gasteiger partial charge < -0.3 is 9.47 Å². The molecule has 0 radical (unpaired) electrons. The van der Waals surface area contributed by atoms with E-state index in [0.717, 1.165) is 16.9 Å². The summed E-state index contributed by atoms with van der Waals surface area (Å²) in [4.78, 5) is 61.4. The molecular weight excluding hydrogens is 602 g/mol. The Hall–Kier alpha value is -5.09. The van der Waals surface area contributed by atoms with Crippen molar-refractivity contribution in [3.05, 3.63) is 126 Å². The molecule has 1 aromatic heterocycles. The maximum Gasteiger partial charge on any atom is 0.338 e. The first-order valence-electron chi connectivity index (χ1n) is 15.2. The topological polar surface area (TPSA) is 107 Å². The number of carbonyl (C=O) groups is 3. The molecule has 0 spiro atoms. The van der Waals surface area contributed by atoms with Crippen LogP contribution in [-0.2, 0) is 23.9 Å². The van der Waals surface area contributed by atoms with Crippen molar-refractivity contribution in [1.82, 2.24) is 4.57 Å². The minimum absolute atomic E-state index is 0.138. The second-order valence-electron chi connectivity index (χ2n) is 11.2. The molecule has 2 aliphatic rings. The normalized spacial score (nSPS) is 16.7. The Morgan fingerprint density at radius 2 is 1.57 bits per heavy atom. The summed E-state index contributed by atoms with van der Waals surface area (Å²) in [5, 5.41) is 0. The molecule has 0 saturated heterocycles. The molecule has 3 aromatic carbocycles. The summed E-state index contributed by atoms with van der Waals surface area (Å²) in [6.45, 7) is 7.65. The zero-order valence-electron chi connectivity index (χ0n) is 26.0. The number of fused-ring (bicyclic) bond motifs is 2. The van der Waals surface area contributed by atoms with E-state index < -0.39 is 29.4 Å². The van der Waals surface area contributed by atoms with Gasteiger partial charge in [-0.1, -0.05) is 98.0 Å². The Bertz CT molecular complexity index is 2060. The minimum Gasteiger partial charge on any atom is -0.465 e. The molecule has 0 fully saturated rings. The van der Waals surface area contributed by atoms with E-state index in [4.69, 9.17) is 14.5 Å². The molecule has 0 saturated carbocycles. The lowest BCUT2D eigenvalue weighted by Gasteiger charge is -2.26. The zero-order valence-corrected chi connectivity index (χ0v) is 26.8. The smallest absolute Gasteiger partial charge is 0.338 e. The molecule has 0 aliphatic carbocycles. The van der Waals surface area contributed by atoms with Crippen LogP contribution in [-0.4, -0.2) is 42.2 Å². The second kappa shape index (κ2) is 12.7. The van der Waals surface area contributed by atoms with Crippen molar-refractivity contribution >= 4 is 46.1 Å². The Morgan fingerprint density at radius 3 is 2.24 bits per heavy atom. The van der Waals surface area contributed by atoms with Gasteiger partial charge >= 0.3 is 11.9 Å². The summed E-state index contributed by atoms with van der Waals surface area (Å²) >= 11 is 1.09. The number of hydrogen-bond acceptors (Lipinski definition) is 8. The van der Waals surface area contributed by atoms with E-state index >= 15 is 0 Å². The fourth-order valence-electron chi connectivity index (χ4n) is 5.86. The zero-order chi connectivity index (χ0) is 32.5. The minimum atomic E-state index is -0.872. The molecule has 0 bridgehead atoms. The predicted molar refractivity (Wildman–Crippen MR) is 176 cm³/mol. The SMILES string of the molecule is CCOC(=O)CN1C(=O)/C(=c2/sc3n(c2=O)[C@@H](c2ccc(C(C)C)cc2)C(C(=O)OCC)=C(c2ccccc2)N=3)c2ccccc21. The Balaban J connectivity index is 1.65. The van der Waals surface area contributed by atoms with E-state index in [0.29, 0.717) is 32.9 Å². The highest BCUT2D eigenvalue weighted by molar-refractivity contribution is 7.07. The standard InChI is InChI=1S/C36H33N3O6S/c1-5-44-27(40)20-38-26-15-11-10-14-25(26)28(33(38)41)32-34(42)39-31(24-18-16-22(17-19-24)21(3)4)29(35(43)45-6-2)30(37-36(39)46-32)23-12-8-7-9-13-23/h7-19,21,31H,5-6,20H2,1-4H3/b32-28+/t31-/m0/s1. The van der Waals surface area contributed by atoms with Crippen LogP contribution in [0.3, 0.4) is 0 Å². The van der Waals surface area contributed by atoms with Gasteiger partial charge in [0.05, 0.1) is 41.8 Å². The van der Waals surface area contributed by atoms with Gasteiger partial charge in [0.1, 0.15) is 11.1 Å². The monoisotopic (exact) mass is 635 g/mol. The van der Waals surface area contributed by atoms with Crippen LogP contribution in [0.15, 0.2) is 94.2 Å². The van der Waals surface area contributed by atoms with Crippen LogP contribution in [0.5, 0.6) is 0 Å². The molecule has 4 aromatic rings. The molecule has 10 heteroatoms. The number of anilines is 1. The first-order chi connectivity index (χ1) is 22.2. The Labute approximate surface area is 269 Å². The number of ether oxygens (including phenoxy) is 2. The fraction of sp³-hybridized carbons (Fsp3) is 0.250. The van der Waals surface area contributed by atoms with E-state index in [1.54, 1.807) is 38.1 Å². The van der Waals surface area contributed by atoms with Gasteiger partial charge in [-0.15, -0.1) is 0 Å². The number of nitrogens with zero attached hydrogens (tertiary/aromatic N) is 3. The van der Waals surface area contributed by atoms with Gasteiger partial charge in [-0.2, -0.15) is 0 Å². The lowest BCUT2D eigenvalue weighted by Crippen LogP contribution is -2.41. The van der Waals surface area contributed by atoms with E-state index in [-0.39, 0.29) is 41.4 Å². The summed E-state index contributed by atoms with van der Waals surface area (Å²) in [7, 11) is 0. The number of thiazole rings is 1. The van der Waals surface area contributed by atoms with E-state index in [1.807, 2.05) is 54.6 Å². The summed E-state index contributed by atoms with van der Waals surface area (Å²) in [6, 6.07) is 23.3. The van der Waals surface area contributed by atoms with E-state index in [9.17, 15) is 19.2 Å². The van der Waals surface area contributed by atoms with Crippen molar-refractivity contribution in [3.63, 3.8) is 0 Å². The molecular formula is C36H33N3O6S. The van der Waals surface area contributed by atoms with Gasteiger partial charge in [0.2, 0.25) is 0 Å². The van der Waals surface area contributed by atoms with Gasteiger partial charge in [-0.25, -0.2) is 9.79 Å². The Kier molecular flexibility index (Phi) is 8.55. The first-order valence-corrected chi connectivity index (χ1v) is 16.0. The molecule has 0 N–H and O–H groups in total. The first kappa shape index (κ1) is 30.9. The quantitative estimate of drug-likeness (QED) is 0.267. The van der Waals surface area contributed by atoms with Crippen molar-refractivity contribution in [1.29, 1.82) is 0 Å². The largest absolute Gasteiger partial charge is 0.465 e. The number of carbonyl (C=O) groups excluding carboxylic acids is 3. The van der Waals surface area contributed by atoms with Gasteiger partial charge in [0.25, 0.3) is 11.5 Å². The molecule has 9 nitrogen and oxygen atoms in total. The van der Waals surface area contributed by atoms with Crippen molar-refractivity contribution in [2.75, 3.05) is 24.7 Å². The summed E-state index contributed by atoms with van der Waals surface area (Å²) < 4.78 is 12.3. The lowest BCUT2D eigenvalue weighted by atomic mass is 9.91. The van der Waals surface area contributed by atoms with Crippen LogP contribution in [0.2, 0.25) is 0 Å². The van der Waals surface area contributed by atoms with E-state index in [1.165, 1.54) is 9.47 Å². The third-order valence-electron chi connectivity index (χ3n) is 8.01. The number of benzene rings is 3. The van der Waals surface area contributed by atoms with Crippen molar-refractivity contribution in [2.45, 2.75) is 39.7 Å². The molecule has 3 heterocycles. The van der Waals surface area contributed by atoms with Crippen molar-refractivity contribution in [3.8, 4) is 0 Å². The highest BCUT2D eigenvalue weighted by Gasteiger charge is 2.39. The molecule has 2 aliphatic heterocycles. The third kappa shape index (κ3) is 5.38. The summed E-state index contributed by atoms with van der Waals surface area (Å²) in [5.74, 6) is -1.33. The summed E-state index contributed by atoms with van der Waals surface area (Å²) in [5.41, 5.74) is 3.90. The maximum atomic E-state index is 14.6. The number of rotatable bonds is 8. The second-order valence-corrected chi connectivity index (χ2v) is 12.1. The Morgan fingerprint density at radius 1 is 0.891 bits per heavy atom. The highest BCUT2D eigenvalue weighted by Crippen LogP contribution is 2.37. The average molecular weight is 636 g/mol. The predicted octanol–water partition coefficient (Wildman–Crippen LogP) is 4.34. The molecule has 0 unspecified atom stereocenters. The van der Waals surface area contributed by atoms with Crippen LogP contribution in [0.4, 0.5) is 5.69 Å². The van der Waals surface area contributed by atoms with Gasteiger partial charge in [0.15, 0.2) is 4.80 Å². The average Bonchev–Trinajstić information content (AvgIpc) is 3.52. The van der Waals surface area contributed by atoms with Crippen LogP contribution in [0.25, 0.3) is 11.3 Å².